The summed E-state index contributed by atoms with van der Waals surface area (Å²) in [6.45, 7) is 2.62. The number of aliphatic hydroxyl groups is 1. The van der Waals surface area contributed by atoms with Gasteiger partial charge >= 0.3 is 0 Å². The van der Waals surface area contributed by atoms with Gasteiger partial charge in [0.2, 0.25) is 11.7 Å². The fraction of sp³-hybridized carbons (Fsp3) is 0.500. The number of likely N-dealkylation sites (N-methyl/N-ethyl adjacent to an activating group) is 1. The molecule has 1 aromatic carbocycles. The summed E-state index contributed by atoms with van der Waals surface area (Å²) in [7, 11) is 1.97. The molecule has 0 bridgehead atoms. The summed E-state index contributed by atoms with van der Waals surface area (Å²) in [6, 6.07) is 7.28. The zero-order valence-corrected chi connectivity index (χ0v) is 13.5. The van der Waals surface area contributed by atoms with Gasteiger partial charge in [-0.05, 0) is 57.5 Å². The highest BCUT2D eigenvalue weighted by molar-refractivity contribution is 6.30. The van der Waals surface area contributed by atoms with Gasteiger partial charge in [-0.1, -0.05) is 16.8 Å². The predicted octanol–water partition coefficient (Wildman–Crippen LogP) is 3.30. The Hall–Kier alpha value is -1.43. The fourth-order valence-electron chi connectivity index (χ4n) is 2.65. The quantitative estimate of drug-likeness (QED) is 0.915. The average molecular weight is 322 g/mol. The Morgan fingerprint density at radius 1 is 1.36 bits per heavy atom. The first-order valence-electron chi connectivity index (χ1n) is 7.49. The maximum atomic E-state index is 10.3. The minimum Gasteiger partial charge on any atom is -0.389 e. The summed E-state index contributed by atoms with van der Waals surface area (Å²) in [4.78, 5) is 6.51. The number of benzene rings is 1. The summed E-state index contributed by atoms with van der Waals surface area (Å²) < 4.78 is 5.38. The van der Waals surface area contributed by atoms with Crippen LogP contribution in [-0.4, -0.2) is 39.3 Å². The zero-order valence-electron chi connectivity index (χ0n) is 12.8. The van der Waals surface area contributed by atoms with E-state index in [0.717, 1.165) is 24.8 Å². The van der Waals surface area contributed by atoms with Crippen molar-refractivity contribution in [2.75, 3.05) is 13.6 Å². The summed E-state index contributed by atoms with van der Waals surface area (Å²) in [5, 5.41) is 15.0. The lowest BCUT2D eigenvalue weighted by Gasteiger charge is -2.40. The van der Waals surface area contributed by atoms with E-state index in [4.69, 9.17) is 16.1 Å². The van der Waals surface area contributed by atoms with Gasteiger partial charge in [-0.2, -0.15) is 4.98 Å². The molecule has 1 heterocycles. The molecule has 118 valence electrons. The second kappa shape index (κ2) is 5.99. The van der Waals surface area contributed by atoms with Crippen molar-refractivity contribution < 1.29 is 9.63 Å². The SMILES string of the molecule is CC(c1nc(-c2ccc(Cl)cc2)no1)N(C)CC1(O)CCC1. The number of rotatable bonds is 5. The molecule has 3 rings (SSSR count). The molecule has 1 N–H and O–H groups in total. The van der Waals surface area contributed by atoms with Gasteiger partial charge in [-0.3, -0.25) is 4.90 Å². The van der Waals surface area contributed by atoms with Crippen LogP contribution in [0.1, 0.15) is 38.1 Å². The number of hydrogen-bond donors (Lipinski definition) is 1. The smallest absolute Gasteiger partial charge is 0.244 e. The Morgan fingerprint density at radius 2 is 2.05 bits per heavy atom. The van der Waals surface area contributed by atoms with Crippen LogP contribution >= 0.6 is 11.6 Å². The summed E-state index contributed by atoms with van der Waals surface area (Å²) >= 11 is 5.88. The third kappa shape index (κ3) is 3.16. The van der Waals surface area contributed by atoms with Gasteiger partial charge in [0.15, 0.2) is 0 Å². The van der Waals surface area contributed by atoms with E-state index in [1.807, 2.05) is 26.1 Å². The molecule has 1 atom stereocenters. The molecule has 0 spiro atoms. The van der Waals surface area contributed by atoms with Crippen molar-refractivity contribution in [2.24, 2.45) is 0 Å². The Balaban J connectivity index is 1.71. The van der Waals surface area contributed by atoms with Crippen LogP contribution in [-0.2, 0) is 0 Å². The maximum absolute atomic E-state index is 10.3. The van der Waals surface area contributed by atoms with Gasteiger partial charge in [0, 0.05) is 17.1 Å². The van der Waals surface area contributed by atoms with Crippen molar-refractivity contribution in [3.63, 3.8) is 0 Å². The zero-order chi connectivity index (χ0) is 15.7. The van der Waals surface area contributed by atoms with E-state index in [9.17, 15) is 5.11 Å². The fourth-order valence-corrected chi connectivity index (χ4v) is 2.78. The monoisotopic (exact) mass is 321 g/mol. The summed E-state index contributed by atoms with van der Waals surface area (Å²) in [5.41, 5.74) is 0.314. The van der Waals surface area contributed by atoms with E-state index in [1.165, 1.54) is 0 Å². The Labute approximate surface area is 134 Å². The Kier molecular flexibility index (Phi) is 4.21. The Morgan fingerprint density at radius 3 is 2.64 bits per heavy atom. The van der Waals surface area contributed by atoms with Crippen molar-refractivity contribution in [3.8, 4) is 11.4 Å². The van der Waals surface area contributed by atoms with Crippen LogP contribution < -0.4 is 0 Å². The average Bonchev–Trinajstić information content (AvgIpc) is 2.95. The third-order valence-corrected chi connectivity index (χ3v) is 4.64. The second-order valence-electron chi connectivity index (χ2n) is 6.13. The van der Waals surface area contributed by atoms with Crippen LogP contribution in [0.3, 0.4) is 0 Å². The van der Waals surface area contributed by atoms with Gasteiger partial charge < -0.3 is 9.63 Å². The van der Waals surface area contributed by atoms with E-state index >= 15 is 0 Å². The molecule has 0 radical (unpaired) electrons. The number of nitrogens with zero attached hydrogens (tertiary/aromatic N) is 3. The van der Waals surface area contributed by atoms with Crippen LogP contribution in [0.2, 0.25) is 5.02 Å². The Bertz CT molecular complexity index is 637. The van der Waals surface area contributed by atoms with Crippen molar-refractivity contribution >= 4 is 11.6 Å². The highest BCUT2D eigenvalue weighted by Crippen LogP contribution is 2.34. The topological polar surface area (TPSA) is 62.4 Å². The maximum Gasteiger partial charge on any atom is 0.244 e. The first-order chi connectivity index (χ1) is 10.5. The van der Waals surface area contributed by atoms with Crippen LogP contribution in [0.25, 0.3) is 11.4 Å². The molecule has 0 saturated heterocycles. The molecule has 1 saturated carbocycles. The molecule has 5 nitrogen and oxygen atoms in total. The van der Waals surface area contributed by atoms with Crippen molar-refractivity contribution in [2.45, 2.75) is 37.8 Å². The summed E-state index contributed by atoms with van der Waals surface area (Å²) in [6.07, 6.45) is 2.83. The minimum absolute atomic E-state index is 0.0434. The molecular formula is C16H20ClN3O2. The van der Waals surface area contributed by atoms with E-state index in [-0.39, 0.29) is 6.04 Å². The molecule has 6 heteroatoms. The van der Waals surface area contributed by atoms with Crippen LogP contribution in [0, 0.1) is 0 Å². The lowest BCUT2D eigenvalue weighted by molar-refractivity contribution is -0.0620. The molecule has 1 fully saturated rings. The molecule has 2 aromatic rings. The van der Waals surface area contributed by atoms with E-state index < -0.39 is 5.60 Å². The molecule has 1 unspecified atom stereocenters. The van der Waals surface area contributed by atoms with Gasteiger partial charge in [0.05, 0.1) is 11.6 Å². The number of aromatic nitrogens is 2. The molecule has 0 aliphatic heterocycles. The van der Waals surface area contributed by atoms with E-state index in [2.05, 4.69) is 15.0 Å². The first-order valence-corrected chi connectivity index (χ1v) is 7.87. The summed E-state index contributed by atoms with van der Waals surface area (Å²) in [5.74, 6) is 1.10. The van der Waals surface area contributed by atoms with E-state index in [1.54, 1.807) is 12.1 Å². The molecule has 1 aliphatic rings. The van der Waals surface area contributed by atoms with Gasteiger partial charge in [0.25, 0.3) is 0 Å². The van der Waals surface area contributed by atoms with Crippen LogP contribution in [0.15, 0.2) is 28.8 Å². The first kappa shape index (κ1) is 15.5. The molecule has 22 heavy (non-hydrogen) atoms. The van der Waals surface area contributed by atoms with Crippen LogP contribution in [0.4, 0.5) is 0 Å². The molecule has 1 aliphatic carbocycles. The molecular weight excluding hydrogens is 302 g/mol. The largest absolute Gasteiger partial charge is 0.389 e. The molecule has 0 amide bonds. The van der Waals surface area contributed by atoms with Gasteiger partial charge in [-0.25, -0.2) is 0 Å². The van der Waals surface area contributed by atoms with Crippen molar-refractivity contribution in [1.82, 2.24) is 15.0 Å². The van der Waals surface area contributed by atoms with Crippen molar-refractivity contribution in [1.29, 1.82) is 0 Å². The minimum atomic E-state index is -0.554. The highest BCUT2D eigenvalue weighted by Gasteiger charge is 2.37. The number of halogens is 1. The van der Waals surface area contributed by atoms with E-state index in [0.29, 0.717) is 23.3 Å². The van der Waals surface area contributed by atoms with Gasteiger partial charge in [0.1, 0.15) is 0 Å². The predicted molar refractivity (Wildman–Crippen MR) is 84.6 cm³/mol. The number of hydrogen-bond acceptors (Lipinski definition) is 5. The third-order valence-electron chi connectivity index (χ3n) is 4.39. The standard InChI is InChI=1S/C16H20ClN3O2/c1-11(20(2)10-16(21)8-3-9-16)15-18-14(19-22-15)12-4-6-13(17)7-5-12/h4-7,11,21H,3,8-10H2,1-2H3. The van der Waals surface area contributed by atoms with Crippen LogP contribution in [0.5, 0.6) is 0 Å². The normalized spacial score (nSPS) is 18.2. The van der Waals surface area contributed by atoms with Crippen molar-refractivity contribution in [3.05, 3.63) is 35.2 Å². The second-order valence-corrected chi connectivity index (χ2v) is 6.57. The lowest BCUT2D eigenvalue weighted by atomic mass is 9.80. The highest BCUT2D eigenvalue weighted by atomic mass is 35.5. The van der Waals surface area contributed by atoms with Gasteiger partial charge in [-0.15, -0.1) is 0 Å². The molecule has 1 aromatic heterocycles. The lowest BCUT2D eigenvalue weighted by Crippen LogP contribution is -2.47.